The molecule has 0 N–H and O–H groups in total. The average molecular weight is 360 g/mol. The van der Waals surface area contributed by atoms with Crippen LogP contribution in [0.25, 0.3) is 0 Å². The maximum absolute atomic E-state index is 13.2. The topological polar surface area (TPSA) is 59.1 Å². The number of para-hydroxylation sites is 2. The van der Waals surface area contributed by atoms with Crippen LogP contribution in [-0.2, 0) is 10.0 Å². The quantitative estimate of drug-likeness (QED) is 0.842. The van der Waals surface area contributed by atoms with Crippen molar-refractivity contribution in [2.24, 2.45) is 0 Å². The second-order valence-electron chi connectivity index (χ2n) is 6.37. The van der Waals surface area contributed by atoms with E-state index in [9.17, 15) is 8.42 Å². The summed E-state index contributed by atoms with van der Waals surface area (Å²) in [7, 11) is -3.68. The van der Waals surface area contributed by atoms with Crippen LogP contribution < -0.4 is 18.7 Å². The van der Waals surface area contributed by atoms with Gasteiger partial charge in [0.2, 0.25) is 6.79 Å². The van der Waals surface area contributed by atoms with Crippen molar-refractivity contribution in [1.82, 2.24) is 0 Å². The van der Waals surface area contributed by atoms with E-state index in [0.29, 0.717) is 36.3 Å². The molecule has 6 nitrogen and oxygen atoms in total. The number of anilines is 2. The highest BCUT2D eigenvalue weighted by Crippen LogP contribution is 2.39. The van der Waals surface area contributed by atoms with Gasteiger partial charge in [-0.25, -0.2) is 8.42 Å². The number of hydrogen-bond acceptors (Lipinski definition) is 5. The maximum Gasteiger partial charge on any atom is 0.264 e. The van der Waals surface area contributed by atoms with Gasteiger partial charge in [-0.1, -0.05) is 12.1 Å². The molecule has 0 aliphatic carbocycles. The summed E-state index contributed by atoms with van der Waals surface area (Å²) in [5, 5.41) is 0. The molecule has 2 aliphatic rings. The second-order valence-corrected chi connectivity index (χ2v) is 8.23. The Labute approximate surface area is 147 Å². The lowest BCUT2D eigenvalue weighted by Gasteiger charge is -2.40. The van der Waals surface area contributed by atoms with Crippen LogP contribution in [0, 0.1) is 0 Å². The predicted molar refractivity (Wildman–Crippen MR) is 96.0 cm³/mol. The van der Waals surface area contributed by atoms with E-state index in [1.165, 1.54) is 10.4 Å². The third-order valence-electron chi connectivity index (χ3n) is 4.56. The first-order chi connectivity index (χ1) is 12.0. The van der Waals surface area contributed by atoms with E-state index in [4.69, 9.17) is 9.47 Å². The molecule has 25 heavy (non-hydrogen) atoms. The van der Waals surface area contributed by atoms with Crippen molar-refractivity contribution in [2.75, 3.05) is 29.1 Å². The van der Waals surface area contributed by atoms with Crippen LogP contribution in [0.15, 0.2) is 47.4 Å². The Morgan fingerprint density at radius 3 is 2.44 bits per heavy atom. The summed E-state index contributed by atoms with van der Waals surface area (Å²) in [5.74, 6) is 1.04. The number of hydrogen-bond donors (Lipinski definition) is 0. The molecule has 132 valence electrons. The molecule has 7 heteroatoms. The molecule has 2 aromatic carbocycles. The third-order valence-corrected chi connectivity index (χ3v) is 6.37. The van der Waals surface area contributed by atoms with Gasteiger partial charge >= 0.3 is 0 Å². The van der Waals surface area contributed by atoms with Gasteiger partial charge in [0.1, 0.15) is 0 Å². The second kappa shape index (κ2) is 5.84. The summed E-state index contributed by atoms with van der Waals surface area (Å²) in [6, 6.07) is 12.7. The van der Waals surface area contributed by atoms with Crippen LogP contribution in [0.1, 0.15) is 13.8 Å². The van der Waals surface area contributed by atoms with Crippen molar-refractivity contribution in [3.63, 3.8) is 0 Å². The van der Waals surface area contributed by atoms with Gasteiger partial charge in [-0.3, -0.25) is 4.31 Å². The first-order valence-corrected chi connectivity index (χ1v) is 9.70. The molecular weight excluding hydrogens is 340 g/mol. The lowest BCUT2D eigenvalue weighted by Crippen LogP contribution is -2.46. The largest absolute Gasteiger partial charge is 0.454 e. The fourth-order valence-corrected chi connectivity index (χ4v) is 4.79. The standard InChI is InChI=1S/C18H20N2O4S/c1-13(2)19-9-10-20(16-6-4-3-5-15(16)19)25(21,22)14-7-8-17-18(11-14)24-12-23-17/h3-8,11,13H,9-10,12H2,1-2H3. The minimum atomic E-state index is -3.68. The van der Waals surface area contributed by atoms with Crippen molar-refractivity contribution in [3.8, 4) is 11.5 Å². The van der Waals surface area contributed by atoms with Gasteiger partial charge in [0.05, 0.1) is 22.8 Å². The molecule has 0 saturated carbocycles. The van der Waals surface area contributed by atoms with Crippen molar-refractivity contribution in [3.05, 3.63) is 42.5 Å². The average Bonchev–Trinajstić information content (AvgIpc) is 3.08. The SMILES string of the molecule is CC(C)N1CCN(S(=O)(=O)c2ccc3c(c2)OCO3)c2ccccc21. The van der Waals surface area contributed by atoms with E-state index in [1.807, 2.05) is 24.3 Å². The van der Waals surface area contributed by atoms with E-state index in [2.05, 4.69) is 18.7 Å². The van der Waals surface area contributed by atoms with Crippen LogP contribution in [0.4, 0.5) is 11.4 Å². The molecule has 0 atom stereocenters. The van der Waals surface area contributed by atoms with E-state index < -0.39 is 10.0 Å². The third kappa shape index (κ3) is 2.59. The molecule has 0 radical (unpaired) electrons. The molecule has 0 saturated heterocycles. The van der Waals surface area contributed by atoms with Crippen molar-refractivity contribution in [2.45, 2.75) is 24.8 Å². The van der Waals surface area contributed by atoms with Gasteiger partial charge in [-0.2, -0.15) is 0 Å². The van der Waals surface area contributed by atoms with Crippen LogP contribution in [0.2, 0.25) is 0 Å². The normalized spacial score (nSPS) is 16.3. The molecular formula is C18H20N2O4S. The molecule has 0 aromatic heterocycles. The Morgan fingerprint density at radius 1 is 0.960 bits per heavy atom. The molecule has 0 amide bonds. The predicted octanol–water partition coefficient (Wildman–Crippen LogP) is 2.84. The fraction of sp³-hybridized carbons (Fsp3) is 0.333. The first kappa shape index (κ1) is 16.1. The number of nitrogens with zero attached hydrogens (tertiary/aromatic N) is 2. The van der Waals surface area contributed by atoms with Gasteiger partial charge in [-0.15, -0.1) is 0 Å². The van der Waals surface area contributed by atoms with Gasteiger partial charge in [0, 0.05) is 18.7 Å². The van der Waals surface area contributed by atoms with Crippen molar-refractivity contribution in [1.29, 1.82) is 0 Å². The summed E-state index contributed by atoms with van der Waals surface area (Å²) in [6.45, 7) is 5.40. The Morgan fingerprint density at radius 2 is 1.68 bits per heavy atom. The lowest BCUT2D eigenvalue weighted by molar-refractivity contribution is 0.174. The maximum atomic E-state index is 13.2. The van der Waals surface area contributed by atoms with E-state index in [-0.39, 0.29) is 11.7 Å². The molecule has 2 aromatic rings. The zero-order valence-corrected chi connectivity index (χ0v) is 15.0. The summed E-state index contributed by atoms with van der Waals surface area (Å²) < 4.78 is 38.6. The number of sulfonamides is 1. The first-order valence-electron chi connectivity index (χ1n) is 8.26. The number of fused-ring (bicyclic) bond motifs is 2. The minimum absolute atomic E-state index is 0.120. The van der Waals surface area contributed by atoms with E-state index >= 15 is 0 Å². The van der Waals surface area contributed by atoms with Crippen LogP contribution in [0.3, 0.4) is 0 Å². The molecule has 4 rings (SSSR count). The lowest BCUT2D eigenvalue weighted by atomic mass is 10.1. The van der Waals surface area contributed by atoms with Gasteiger partial charge in [-0.05, 0) is 38.1 Å². The Bertz CT molecular complexity index is 911. The molecule has 0 fully saturated rings. The van der Waals surface area contributed by atoms with Crippen molar-refractivity contribution >= 4 is 21.4 Å². The highest BCUT2D eigenvalue weighted by molar-refractivity contribution is 7.92. The van der Waals surface area contributed by atoms with Gasteiger partial charge < -0.3 is 14.4 Å². The number of benzene rings is 2. The Kier molecular flexibility index (Phi) is 3.76. The smallest absolute Gasteiger partial charge is 0.264 e. The number of ether oxygens (including phenoxy) is 2. The minimum Gasteiger partial charge on any atom is -0.454 e. The Balaban J connectivity index is 1.77. The highest BCUT2D eigenvalue weighted by atomic mass is 32.2. The molecule has 2 heterocycles. The highest BCUT2D eigenvalue weighted by Gasteiger charge is 2.33. The zero-order chi connectivity index (χ0) is 17.6. The van der Waals surface area contributed by atoms with Crippen LogP contribution in [0.5, 0.6) is 11.5 Å². The number of rotatable bonds is 3. The van der Waals surface area contributed by atoms with Crippen LogP contribution in [-0.4, -0.2) is 34.3 Å². The molecule has 0 bridgehead atoms. The summed E-state index contributed by atoms with van der Waals surface area (Å²) in [6.07, 6.45) is 0. The van der Waals surface area contributed by atoms with Gasteiger partial charge in [0.15, 0.2) is 11.5 Å². The molecule has 2 aliphatic heterocycles. The summed E-state index contributed by atoms with van der Waals surface area (Å²) in [4.78, 5) is 2.44. The zero-order valence-electron chi connectivity index (χ0n) is 14.2. The van der Waals surface area contributed by atoms with E-state index in [1.54, 1.807) is 12.1 Å². The molecule has 0 unspecified atom stereocenters. The fourth-order valence-electron chi connectivity index (χ4n) is 3.31. The Hall–Kier alpha value is -2.41. The summed E-state index contributed by atoms with van der Waals surface area (Å²) >= 11 is 0. The van der Waals surface area contributed by atoms with Crippen molar-refractivity contribution < 1.29 is 17.9 Å². The van der Waals surface area contributed by atoms with E-state index in [0.717, 1.165) is 5.69 Å². The monoisotopic (exact) mass is 360 g/mol. The van der Waals surface area contributed by atoms with Crippen LogP contribution >= 0.6 is 0 Å². The molecule has 0 spiro atoms. The van der Waals surface area contributed by atoms with Gasteiger partial charge in [0.25, 0.3) is 10.0 Å². The summed E-state index contributed by atoms with van der Waals surface area (Å²) in [5.41, 5.74) is 1.65.